The Bertz CT molecular complexity index is 374. The second-order valence-corrected chi connectivity index (χ2v) is 6.92. The fourth-order valence-electron chi connectivity index (χ4n) is 3.68. The van der Waals surface area contributed by atoms with Crippen molar-refractivity contribution >= 4 is 11.9 Å². The predicted octanol–water partition coefficient (Wildman–Crippen LogP) is 3.15. The average molecular weight is 295 g/mol. The van der Waals surface area contributed by atoms with Crippen molar-refractivity contribution in [3.05, 3.63) is 0 Å². The van der Waals surface area contributed by atoms with Crippen LogP contribution in [0.4, 0.5) is 0 Å². The summed E-state index contributed by atoms with van der Waals surface area (Å²) in [6.45, 7) is 6.68. The lowest BCUT2D eigenvalue weighted by Crippen LogP contribution is -2.47. The first kappa shape index (κ1) is 16.3. The number of ether oxygens (including phenoxy) is 1. The molecule has 1 saturated carbocycles. The van der Waals surface area contributed by atoms with Crippen LogP contribution in [-0.4, -0.2) is 35.5 Å². The zero-order chi connectivity index (χ0) is 15.4. The van der Waals surface area contributed by atoms with Crippen molar-refractivity contribution < 1.29 is 14.3 Å². The van der Waals surface area contributed by atoms with Gasteiger partial charge in [0.15, 0.2) is 0 Å². The van der Waals surface area contributed by atoms with Gasteiger partial charge in [0.1, 0.15) is 12.1 Å². The molecule has 1 saturated heterocycles. The van der Waals surface area contributed by atoms with Crippen LogP contribution in [0.1, 0.15) is 65.7 Å². The summed E-state index contributed by atoms with van der Waals surface area (Å²) in [5.41, 5.74) is 0. The van der Waals surface area contributed by atoms with E-state index in [1.807, 2.05) is 20.8 Å². The molecule has 0 aromatic rings. The smallest absolute Gasteiger partial charge is 0.329 e. The molecule has 2 atom stereocenters. The van der Waals surface area contributed by atoms with Gasteiger partial charge in [0.25, 0.3) is 0 Å². The Morgan fingerprint density at radius 1 is 1.14 bits per heavy atom. The van der Waals surface area contributed by atoms with Gasteiger partial charge in [-0.2, -0.15) is 0 Å². The Morgan fingerprint density at radius 2 is 1.81 bits per heavy atom. The number of nitrogens with zero attached hydrogens (tertiary/aromatic N) is 1. The van der Waals surface area contributed by atoms with E-state index in [0.29, 0.717) is 18.9 Å². The SMILES string of the molecule is CC(C)[C@H](C(=O)O[C@H](C)C1CCCCC1)N1CCCC1=O. The van der Waals surface area contributed by atoms with E-state index < -0.39 is 6.04 Å². The van der Waals surface area contributed by atoms with Crippen LogP contribution < -0.4 is 0 Å². The zero-order valence-electron chi connectivity index (χ0n) is 13.6. The predicted molar refractivity (Wildman–Crippen MR) is 81.7 cm³/mol. The number of esters is 1. The fraction of sp³-hybridized carbons (Fsp3) is 0.882. The molecule has 0 spiro atoms. The van der Waals surface area contributed by atoms with Crippen molar-refractivity contribution in [1.82, 2.24) is 4.90 Å². The average Bonchev–Trinajstić information content (AvgIpc) is 2.85. The highest BCUT2D eigenvalue weighted by Crippen LogP contribution is 2.29. The van der Waals surface area contributed by atoms with E-state index in [2.05, 4.69) is 0 Å². The normalized spacial score (nSPS) is 23.4. The highest BCUT2D eigenvalue weighted by Gasteiger charge is 2.37. The molecule has 0 radical (unpaired) electrons. The Hall–Kier alpha value is -1.06. The van der Waals surface area contributed by atoms with Crippen molar-refractivity contribution in [2.45, 2.75) is 77.9 Å². The van der Waals surface area contributed by atoms with Crippen LogP contribution in [0.25, 0.3) is 0 Å². The molecule has 2 aliphatic rings. The number of hydrogen-bond donors (Lipinski definition) is 0. The molecule has 2 rings (SSSR count). The molecule has 1 aliphatic carbocycles. The minimum atomic E-state index is -0.411. The van der Waals surface area contributed by atoms with Crippen molar-refractivity contribution in [1.29, 1.82) is 0 Å². The molecule has 1 heterocycles. The summed E-state index contributed by atoms with van der Waals surface area (Å²) in [6, 6.07) is -0.411. The summed E-state index contributed by atoms with van der Waals surface area (Å²) in [7, 11) is 0. The monoisotopic (exact) mass is 295 g/mol. The summed E-state index contributed by atoms with van der Waals surface area (Å²) in [5.74, 6) is 0.470. The molecule has 120 valence electrons. The van der Waals surface area contributed by atoms with Crippen molar-refractivity contribution in [2.75, 3.05) is 6.54 Å². The van der Waals surface area contributed by atoms with E-state index in [-0.39, 0.29) is 23.9 Å². The second-order valence-electron chi connectivity index (χ2n) is 6.92. The van der Waals surface area contributed by atoms with Gasteiger partial charge in [-0.05, 0) is 38.0 Å². The van der Waals surface area contributed by atoms with Crippen molar-refractivity contribution in [3.63, 3.8) is 0 Å². The van der Waals surface area contributed by atoms with Gasteiger partial charge >= 0.3 is 5.97 Å². The Labute approximate surface area is 128 Å². The van der Waals surface area contributed by atoms with Crippen LogP contribution in [0.5, 0.6) is 0 Å². The lowest BCUT2D eigenvalue weighted by Gasteiger charge is -2.33. The third-order valence-corrected chi connectivity index (χ3v) is 4.93. The van der Waals surface area contributed by atoms with E-state index in [1.165, 1.54) is 19.3 Å². The molecule has 0 aromatic heterocycles. The molecule has 0 bridgehead atoms. The minimum absolute atomic E-state index is 0.0308. The van der Waals surface area contributed by atoms with Gasteiger partial charge in [-0.15, -0.1) is 0 Å². The number of rotatable bonds is 5. The van der Waals surface area contributed by atoms with Gasteiger partial charge in [0.05, 0.1) is 0 Å². The number of carbonyl (C=O) groups is 2. The van der Waals surface area contributed by atoms with Gasteiger partial charge < -0.3 is 9.64 Å². The fourth-order valence-corrected chi connectivity index (χ4v) is 3.68. The van der Waals surface area contributed by atoms with Gasteiger partial charge in [0.2, 0.25) is 5.91 Å². The summed E-state index contributed by atoms with van der Waals surface area (Å²) >= 11 is 0. The van der Waals surface area contributed by atoms with E-state index >= 15 is 0 Å². The molecule has 0 unspecified atom stereocenters. The quantitative estimate of drug-likeness (QED) is 0.732. The zero-order valence-corrected chi connectivity index (χ0v) is 13.6. The van der Waals surface area contributed by atoms with Crippen LogP contribution in [0.3, 0.4) is 0 Å². The molecule has 0 aromatic carbocycles. The van der Waals surface area contributed by atoms with Crippen molar-refractivity contribution in [3.8, 4) is 0 Å². The molecule has 4 nitrogen and oxygen atoms in total. The number of hydrogen-bond acceptors (Lipinski definition) is 3. The Balaban J connectivity index is 1.96. The molecule has 21 heavy (non-hydrogen) atoms. The van der Waals surface area contributed by atoms with Gasteiger partial charge in [-0.1, -0.05) is 33.1 Å². The lowest BCUT2D eigenvalue weighted by atomic mass is 9.86. The molecule has 1 amide bonds. The Morgan fingerprint density at radius 3 is 2.33 bits per heavy atom. The maximum absolute atomic E-state index is 12.6. The maximum atomic E-state index is 12.6. The second kappa shape index (κ2) is 7.28. The summed E-state index contributed by atoms with van der Waals surface area (Å²) in [4.78, 5) is 26.2. The standard InChI is InChI=1S/C17H29NO3/c1-12(2)16(18-11-7-10-15(18)19)17(20)21-13(3)14-8-5-4-6-9-14/h12-14,16H,4-11H2,1-3H3/t13-,16-/m1/s1. The Kier molecular flexibility index (Phi) is 5.65. The molecule has 0 N–H and O–H groups in total. The topological polar surface area (TPSA) is 46.6 Å². The highest BCUT2D eigenvalue weighted by molar-refractivity contribution is 5.86. The molecule has 1 aliphatic heterocycles. The third-order valence-electron chi connectivity index (χ3n) is 4.93. The third kappa shape index (κ3) is 3.98. The highest BCUT2D eigenvalue weighted by atomic mass is 16.5. The van der Waals surface area contributed by atoms with E-state index in [1.54, 1.807) is 4.90 Å². The van der Waals surface area contributed by atoms with Gasteiger partial charge in [-0.25, -0.2) is 4.79 Å². The number of carbonyl (C=O) groups excluding carboxylic acids is 2. The van der Waals surface area contributed by atoms with Crippen LogP contribution in [0, 0.1) is 11.8 Å². The number of amides is 1. The van der Waals surface area contributed by atoms with E-state index in [4.69, 9.17) is 4.74 Å². The first-order chi connectivity index (χ1) is 10.0. The minimum Gasteiger partial charge on any atom is -0.461 e. The van der Waals surface area contributed by atoms with Gasteiger partial charge in [-0.3, -0.25) is 4.79 Å². The molecule has 2 fully saturated rings. The first-order valence-corrected chi connectivity index (χ1v) is 8.50. The molecular formula is C17H29NO3. The van der Waals surface area contributed by atoms with Gasteiger partial charge in [0, 0.05) is 13.0 Å². The van der Waals surface area contributed by atoms with Crippen LogP contribution in [0.15, 0.2) is 0 Å². The maximum Gasteiger partial charge on any atom is 0.329 e. The summed E-state index contributed by atoms with van der Waals surface area (Å²) in [6.07, 6.45) is 7.48. The van der Waals surface area contributed by atoms with Crippen LogP contribution in [-0.2, 0) is 14.3 Å². The van der Waals surface area contributed by atoms with Crippen molar-refractivity contribution in [2.24, 2.45) is 11.8 Å². The summed E-state index contributed by atoms with van der Waals surface area (Å²) in [5, 5.41) is 0. The van der Waals surface area contributed by atoms with Crippen LogP contribution in [0.2, 0.25) is 0 Å². The van der Waals surface area contributed by atoms with E-state index in [0.717, 1.165) is 19.3 Å². The number of likely N-dealkylation sites (tertiary alicyclic amines) is 1. The van der Waals surface area contributed by atoms with Crippen LogP contribution >= 0.6 is 0 Å². The molecule has 4 heteroatoms. The summed E-state index contributed by atoms with van der Waals surface area (Å²) < 4.78 is 5.74. The molecular weight excluding hydrogens is 266 g/mol. The van der Waals surface area contributed by atoms with E-state index in [9.17, 15) is 9.59 Å². The lowest BCUT2D eigenvalue weighted by molar-refractivity contribution is -0.162. The largest absolute Gasteiger partial charge is 0.461 e. The first-order valence-electron chi connectivity index (χ1n) is 8.50.